The number of carbonyl (C=O) groups is 2. The third-order valence-corrected chi connectivity index (χ3v) is 5.74. The molecular formula is C29H32O6. The van der Waals surface area contributed by atoms with Crippen molar-refractivity contribution in [1.82, 2.24) is 0 Å². The van der Waals surface area contributed by atoms with Gasteiger partial charge in [0.2, 0.25) is 0 Å². The average Bonchev–Trinajstić information content (AvgIpc) is 3.20. The highest BCUT2D eigenvalue weighted by Gasteiger charge is 2.44. The number of ether oxygens (including phenoxy) is 3. The van der Waals surface area contributed by atoms with Crippen LogP contribution in [0.2, 0.25) is 0 Å². The first-order valence-electron chi connectivity index (χ1n) is 11.8. The lowest BCUT2D eigenvalue weighted by Gasteiger charge is -2.24. The summed E-state index contributed by atoms with van der Waals surface area (Å²) in [4.78, 5) is 24.1. The van der Waals surface area contributed by atoms with Gasteiger partial charge in [0.1, 0.15) is 12.4 Å². The van der Waals surface area contributed by atoms with E-state index in [1.165, 1.54) is 5.56 Å². The highest BCUT2D eigenvalue weighted by atomic mass is 16.6. The zero-order valence-corrected chi connectivity index (χ0v) is 20.6. The van der Waals surface area contributed by atoms with Crippen molar-refractivity contribution in [2.45, 2.75) is 52.1 Å². The molecule has 0 amide bonds. The second kappa shape index (κ2) is 12.2. The molecule has 0 radical (unpaired) electrons. The summed E-state index contributed by atoms with van der Waals surface area (Å²) in [7, 11) is 0. The number of benzene rings is 2. The molecule has 0 saturated carbocycles. The fourth-order valence-corrected chi connectivity index (χ4v) is 3.55. The first kappa shape index (κ1) is 26.1. The van der Waals surface area contributed by atoms with Gasteiger partial charge < -0.3 is 19.3 Å². The largest absolute Gasteiger partial charge is 0.494 e. The Kier molecular flexibility index (Phi) is 9.11. The third-order valence-electron chi connectivity index (χ3n) is 5.74. The van der Waals surface area contributed by atoms with Crippen molar-refractivity contribution in [3.8, 4) is 17.6 Å². The lowest BCUT2D eigenvalue weighted by Crippen LogP contribution is -2.39. The molecule has 1 saturated heterocycles. The van der Waals surface area contributed by atoms with Crippen LogP contribution in [-0.2, 0) is 19.1 Å². The maximum absolute atomic E-state index is 12.1. The van der Waals surface area contributed by atoms with Crippen molar-refractivity contribution in [3.05, 3.63) is 76.4 Å². The van der Waals surface area contributed by atoms with E-state index in [9.17, 15) is 14.7 Å². The molecule has 35 heavy (non-hydrogen) atoms. The minimum absolute atomic E-state index is 0.152. The standard InChI is InChI=1S/C29H32O6/c1-21(2)26-18-29(19-30,35-28(26)32)20-34-27(31)6-4-5-17-33-25-15-13-24(14-16-25)12-11-23-9-7-22(3)8-10-23/h7-10,13-16,30H,4-6,17-20H2,1-3H3. The van der Waals surface area contributed by atoms with Crippen LogP contribution in [0.15, 0.2) is 59.7 Å². The third kappa shape index (κ3) is 7.73. The number of aryl methyl sites for hydroxylation is 1. The summed E-state index contributed by atoms with van der Waals surface area (Å²) in [6.45, 7) is 5.60. The Labute approximate surface area is 206 Å². The second-order valence-electron chi connectivity index (χ2n) is 8.99. The highest BCUT2D eigenvalue weighted by Crippen LogP contribution is 2.32. The summed E-state index contributed by atoms with van der Waals surface area (Å²) in [5, 5.41) is 9.69. The Morgan fingerprint density at radius 3 is 2.23 bits per heavy atom. The van der Waals surface area contributed by atoms with Crippen LogP contribution in [0, 0.1) is 18.8 Å². The van der Waals surface area contributed by atoms with Crippen LogP contribution in [0.5, 0.6) is 5.75 Å². The van der Waals surface area contributed by atoms with Crippen molar-refractivity contribution >= 4 is 11.9 Å². The van der Waals surface area contributed by atoms with E-state index < -0.39 is 24.1 Å². The number of aliphatic hydroxyl groups is 1. The number of unbranched alkanes of at least 4 members (excludes halogenated alkanes) is 1. The minimum Gasteiger partial charge on any atom is -0.494 e. The van der Waals surface area contributed by atoms with Gasteiger partial charge in [-0.3, -0.25) is 4.79 Å². The predicted molar refractivity (Wildman–Crippen MR) is 133 cm³/mol. The predicted octanol–water partition coefficient (Wildman–Crippen LogP) is 4.50. The van der Waals surface area contributed by atoms with Gasteiger partial charge in [0, 0.05) is 29.5 Å². The summed E-state index contributed by atoms with van der Waals surface area (Å²) < 4.78 is 16.3. The average molecular weight is 477 g/mol. The number of hydrogen-bond donors (Lipinski definition) is 1. The van der Waals surface area contributed by atoms with Gasteiger partial charge in [0.15, 0.2) is 5.60 Å². The van der Waals surface area contributed by atoms with Crippen molar-refractivity contribution in [3.63, 3.8) is 0 Å². The Hall–Kier alpha value is -3.56. The molecule has 1 atom stereocenters. The van der Waals surface area contributed by atoms with E-state index in [0.29, 0.717) is 25.0 Å². The molecule has 1 fully saturated rings. The molecule has 0 aliphatic carbocycles. The Balaban J connectivity index is 1.35. The zero-order chi connectivity index (χ0) is 25.3. The molecule has 1 heterocycles. The summed E-state index contributed by atoms with van der Waals surface area (Å²) in [5.41, 5.74) is 3.27. The van der Waals surface area contributed by atoms with E-state index in [-0.39, 0.29) is 19.4 Å². The molecule has 0 spiro atoms. The van der Waals surface area contributed by atoms with Crippen molar-refractivity contribution in [2.75, 3.05) is 19.8 Å². The molecule has 6 heteroatoms. The molecule has 6 nitrogen and oxygen atoms in total. The second-order valence-corrected chi connectivity index (χ2v) is 8.99. The maximum atomic E-state index is 12.1. The van der Waals surface area contributed by atoms with Crippen molar-refractivity contribution < 1.29 is 28.9 Å². The van der Waals surface area contributed by atoms with Gasteiger partial charge in [-0.05, 0) is 70.0 Å². The molecule has 3 rings (SSSR count). The number of hydrogen-bond acceptors (Lipinski definition) is 6. The molecule has 0 aromatic heterocycles. The Bertz CT molecular complexity index is 1110. The summed E-state index contributed by atoms with van der Waals surface area (Å²) in [6, 6.07) is 15.7. The number of esters is 2. The van der Waals surface area contributed by atoms with E-state index in [1.54, 1.807) is 0 Å². The molecule has 1 N–H and O–H groups in total. The fourth-order valence-electron chi connectivity index (χ4n) is 3.55. The van der Waals surface area contributed by atoms with Gasteiger partial charge >= 0.3 is 11.9 Å². The van der Waals surface area contributed by atoms with E-state index in [0.717, 1.165) is 22.4 Å². The van der Waals surface area contributed by atoms with Gasteiger partial charge in [0.25, 0.3) is 0 Å². The Morgan fingerprint density at radius 2 is 1.66 bits per heavy atom. The molecule has 0 bridgehead atoms. The minimum atomic E-state index is -1.18. The molecule has 184 valence electrons. The quantitative estimate of drug-likeness (QED) is 0.248. The molecule has 1 aliphatic heterocycles. The van der Waals surface area contributed by atoms with Gasteiger partial charge in [-0.2, -0.15) is 0 Å². The number of rotatable bonds is 9. The van der Waals surface area contributed by atoms with Crippen LogP contribution in [-0.4, -0.2) is 42.5 Å². The van der Waals surface area contributed by atoms with Gasteiger partial charge in [-0.25, -0.2) is 4.79 Å². The van der Waals surface area contributed by atoms with Crippen molar-refractivity contribution in [1.29, 1.82) is 0 Å². The van der Waals surface area contributed by atoms with Crippen LogP contribution < -0.4 is 4.74 Å². The summed E-state index contributed by atoms with van der Waals surface area (Å²) >= 11 is 0. The number of allylic oxidation sites excluding steroid dienone is 1. The smallest absolute Gasteiger partial charge is 0.334 e. The molecular weight excluding hydrogens is 444 g/mol. The zero-order valence-electron chi connectivity index (χ0n) is 20.6. The maximum Gasteiger partial charge on any atom is 0.334 e. The molecule has 2 aromatic carbocycles. The summed E-state index contributed by atoms with van der Waals surface area (Å²) in [5.74, 6) is 6.18. The molecule has 2 aromatic rings. The SMILES string of the molecule is CC(C)=C1CC(CO)(COC(=O)CCCCOc2ccc(C#Cc3ccc(C)cc3)cc2)OC1=O. The topological polar surface area (TPSA) is 82.1 Å². The van der Waals surface area contributed by atoms with E-state index in [2.05, 4.69) is 11.8 Å². The first-order chi connectivity index (χ1) is 16.8. The molecule has 1 aliphatic rings. The van der Waals surface area contributed by atoms with E-state index in [4.69, 9.17) is 14.2 Å². The highest BCUT2D eigenvalue weighted by molar-refractivity contribution is 5.92. The van der Waals surface area contributed by atoms with Crippen LogP contribution in [0.1, 0.15) is 56.2 Å². The van der Waals surface area contributed by atoms with E-state index >= 15 is 0 Å². The van der Waals surface area contributed by atoms with Crippen molar-refractivity contribution in [2.24, 2.45) is 0 Å². The number of aliphatic hydroxyl groups excluding tert-OH is 1. The van der Waals surface area contributed by atoms with Crippen LogP contribution in [0.25, 0.3) is 0 Å². The normalized spacial score (nSPS) is 16.8. The van der Waals surface area contributed by atoms with E-state index in [1.807, 2.05) is 69.3 Å². The lowest BCUT2D eigenvalue weighted by molar-refractivity contribution is -0.166. The van der Waals surface area contributed by atoms with Crippen LogP contribution in [0.3, 0.4) is 0 Å². The number of carbonyl (C=O) groups excluding carboxylic acids is 2. The Morgan fingerprint density at radius 1 is 1.03 bits per heavy atom. The van der Waals surface area contributed by atoms with Gasteiger partial charge in [-0.15, -0.1) is 0 Å². The van der Waals surface area contributed by atoms with Gasteiger partial charge in [0.05, 0.1) is 13.2 Å². The summed E-state index contributed by atoms with van der Waals surface area (Å²) in [6.07, 6.45) is 1.75. The lowest BCUT2D eigenvalue weighted by atomic mass is 9.97. The monoisotopic (exact) mass is 476 g/mol. The fraction of sp³-hybridized carbons (Fsp3) is 0.379. The van der Waals surface area contributed by atoms with Gasteiger partial charge in [-0.1, -0.05) is 35.1 Å². The van der Waals surface area contributed by atoms with Crippen LogP contribution >= 0.6 is 0 Å². The first-order valence-corrected chi connectivity index (χ1v) is 11.8. The number of cyclic esters (lactones) is 1. The molecule has 1 unspecified atom stereocenters. The van der Waals surface area contributed by atoms with Crippen LogP contribution in [0.4, 0.5) is 0 Å².